The Labute approximate surface area is 120 Å². The van der Waals surface area contributed by atoms with Gasteiger partial charge >= 0.3 is 5.97 Å². The van der Waals surface area contributed by atoms with Crippen LogP contribution in [-0.2, 0) is 4.79 Å². The zero-order valence-electron chi connectivity index (χ0n) is 11.2. The standard InChI is InChI=1S/C13H17BrN2O3/c1-13(2,3)16(5-4-11(17)18)12(19)9-6-10(14)8-15-7-9/h6-8H,4-5H2,1-3H3,(H,17,18). The average molecular weight is 329 g/mol. The van der Waals surface area contributed by atoms with E-state index in [1.54, 1.807) is 17.2 Å². The molecule has 0 unspecified atom stereocenters. The lowest BCUT2D eigenvalue weighted by Crippen LogP contribution is -2.46. The van der Waals surface area contributed by atoms with Gasteiger partial charge in [-0.15, -0.1) is 0 Å². The van der Waals surface area contributed by atoms with Gasteiger partial charge in [-0.1, -0.05) is 0 Å². The Balaban J connectivity index is 2.97. The van der Waals surface area contributed by atoms with E-state index in [4.69, 9.17) is 5.11 Å². The lowest BCUT2D eigenvalue weighted by molar-refractivity contribution is -0.137. The van der Waals surface area contributed by atoms with Gasteiger partial charge in [-0.2, -0.15) is 0 Å². The molecule has 5 nitrogen and oxygen atoms in total. The number of carbonyl (C=O) groups is 2. The Morgan fingerprint density at radius 3 is 2.47 bits per heavy atom. The van der Waals surface area contributed by atoms with E-state index in [1.807, 2.05) is 20.8 Å². The second-order valence-corrected chi connectivity index (χ2v) is 6.08. The molecule has 0 fully saturated rings. The molecule has 1 amide bonds. The number of nitrogens with zero attached hydrogens (tertiary/aromatic N) is 2. The minimum absolute atomic E-state index is 0.0789. The maximum absolute atomic E-state index is 12.4. The number of rotatable bonds is 4. The zero-order chi connectivity index (χ0) is 14.6. The highest BCUT2D eigenvalue weighted by Crippen LogP contribution is 2.19. The molecule has 104 valence electrons. The summed E-state index contributed by atoms with van der Waals surface area (Å²) in [5, 5.41) is 8.77. The fourth-order valence-corrected chi connectivity index (χ4v) is 2.00. The Morgan fingerprint density at radius 1 is 1.37 bits per heavy atom. The summed E-state index contributed by atoms with van der Waals surface area (Å²) in [6.07, 6.45) is 2.99. The number of hydrogen-bond donors (Lipinski definition) is 1. The van der Waals surface area contributed by atoms with Crippen molar-refractivity contribution in [2.24, 2.45) is 0 Å². The van der Waals surface area contributed by atoms with Gasteiger partial charge in [0.05, 0.1) is 12.0 Å². The molecule has 0 aliphatic heterocycles. The summed E-state index contributed by atoms with van der Waals surface area (Å²) in [6.45, 7) is 5.79. The van der Waals surface area contributed by atoms with E-state index >= 15 is 0 Å². The van der Waals surface area contributed by atoms with Crippen molar-refractivity contribution in [3.63, 3.8) is 0 Å². The van der Waals surface area contributed by atoms with Crippen LogP contribution < -0.4 is 0 Å². The van der Waals surface area contributed by atoms with Crippen LogP contribution in [0.5, 0.6) is 0 Å². The van der Waals surface area contributed by atoms with Crippen LogP contribution in [0.25, 0.3) is 0 Å². The topological polar surface area (TPSA) is 70.5 Å². The minimum Gasteiger partial charge on any atom is -0.481 e. The third kappa shape index (κ3) is 4.63. The number of carbonyl (C=O) groups excluding carboxylic acids is 1. The summed E-state index contributed by atoms with van der Waals surface area (Å²) in [5.41, 5.74) is -0.0100. The highest BCUT2D eigenvalue weighted by Gasteiger charge is 2.27. The van der Waals surface area contributed by atoms with Crippen molar-refractivity contribution in [3.8, 4) is 0 Å². The van der Waals surface area contributed by atoms with Crippen molar-refractivity contribution >= 4 is 27.8 Å². The van der Waals surface area contributed by atoms with Gasteiger partial charge in [-0.3, -0.25) is 14.6 Å². The van der Waals surface area contributed by atoms with Gasteiger partial charge < -0.3 is 10.0 Å². The van der Waals surface area contributed by atoms with Gasteiger partial charge in [0.2, 0.25) is 0 Å². The van der Waals surface area contributed by atoms with Crippen molar-refractivity contribution < 1.29 is 14.7 Å². The summed E-state index contributed by atoms with van der Waals surface area (Å²) in [4.78, 5) is 28.6. The maximum atomic E-state index is 12.4. The predicted octanol–water partition coefficient (Wildman–Crippen LogP) is 2.56. The van der Waals surface area contributed by atoms with Gasteiger partial charge in [0.1, 0.15) is 0 Å². The molecule has 0 aliphatic carbocycles. The van der Waals surface area contributed by atoms with E-state index in [-0.39, 0.29) is 18.9 Å². The minimum atomic E-state index is -0.922. The number of amides is 1. The monoisotopic (exact) mass is 328 g/mol. The molecule has 0 saturated heterocycles. The van der Waals surface area contributed by atoms with Crippen molar-refractivity contribution in [2.75, 3.05) is 6.54 Å². The summed E-state index contributed by atoms with van der Waals surface area (Å²) in [6, 6.07) is 1.68. The first-order valence-corrected chi connectivity index (χ1v) is 6.65. The van der Waals surface area contributed by atoms with Crippen molar-refractivity contribution in [1.82, 2.24) is 9.88 Å². The molecular formula is C13H17BrN2O3. The number of carboxylic acids is 1. The quantitative estimate of drug-likeness (QED) is 0.922. The van der Waals surface area contributed by atoms with E-state index in [2.05, 4.69) is 20.9 Å². The molecule has 0 aliphatic rings. The molecule has 1 aromatic rings. The lowest BCUT2D eigenvalue weighted by Gasteiger charge is -2.35. The van der Waals surface area contributed by atoms with Crippen LogP contribution in [0.3, 0.4) is 0 Å². The van der Waals surface area contributed by atoms with E-state index in [0.717, 1.165) is 0 Å². The smallest absolute Gasteiger partial charge is 0.305 e. The predicted molar refractivity (Wildman–Crippen MR) is 75.0 cm³/mol. The van der Waals surface area contributed by atoms with Gasteiger partial charge in [0, 0.05) is 29.0 Å². The van der Waals surface area contributed by atoms with Crippen LogP contribution in [0.15, 0.2) is 22.9 Å². The molecule has 19 heavy (non-hydrogen) atoms. The van der Waals surface area contributed by atoms with Crippen LogP contribution in [0.1, 0.15) is 37.6 Å². The molecule has 0 spiro atoms. The van der Waals surface area contributed by atoms with Crippen LogP contribution in [0, 0.1) is 0 Å². The third-order valence-electron chi connectivity index (χ3n) is 2.56. The molecule has 0 atom stereocenters. The first-order chi connectivity index (χ1) is 8.71. The van der Waals surface area contributed by atoms with Gasteiger partial charge in [-0.25, -0.2) is 0 Å². The highest BCUT2D eigenvalue weighted by atomic mass is 79.9. The molecule has 0 aromatic carbocycles. The molecule has 1 rings (SSSR count). The molecule has 6 heteroatoms. The largest absolute Gasteiger partial charge is 0.481 e. The summed E-state index contributed by atoms with van der Waals surface area (Å²) >= 11 is 3.26. The summed E-state index contributed by atoms with van der Waals surface area (Å²) in [5.74, 6) is -1.14. The van der Waals surface area contributed by atoms with Gasteiger partial charge in [-0.05, 0) is 42.8 Å². The number of carboxylic acid groups (broad SMARTS) is 1. The van der Waals surface area contributed by atoms with Crippen molar-refractivity contribution in [1.29, 1.82) is 0 Å². The Hall–Kier alpha value is -1.43. The summed E-state index contributed by atoms with van der Waals surface area (Å²) < 4.78 is 0.713. The molecule has 1 heterocycles. The van der Waals surface area contributed by atoms with E-state index in [9.17, 15) is 9.59 Å². The van der Waals surface area contributed by atoms with Gasteiger partial charge in [0.15, 0.2) is 0 Å². The Morgan fingerprint density at radius 2 is 2.00 bits per heavy atom. The fourth-order valence-electron chi connectivity index (χ4n) is 1.63. The normalized spacial score (nSPS) is 11.2. The number of hydrogen-bond acceptors (Lipinski definition) is 3. The number of aromatic nitrogens is 1. The second kappa shape index (κ2) is 6.14. The fraction of sp³-hybridized carbons (Fsp3) is 0.462. The molecule has 1 aromatic heterocycles. The van der Waals surface area contributed by atoms with Crippen LogP contribution in [-0.4, -0.2) is 39.0 Å². The van der Waals surface area contributed by atoms with Crippen LogP contribution in [0.4, 0.5) is 0 Å². The first-order valence-electron chi connectivity index (χ1n) is 5.86. The molecule has 0 bridgehead atoms. The van der Waals surface area contributed by atoms with E-state index in [0.29, 0.717) is 10.0 Å². The van der Waals surface area contributed by atoms with E-state index in [1.165, 1.54) is 6.20 Å². The average Bonchev–Trinajstić information content (AvgIpc) is 2.26. The molecule has 1 N–H and O–H groups in total. The second-order valence-electron chi connectivity index (χ2n) is 5.16. The Bertz CT molecular complexity index is 483. The molecule has 0 saturated carbocycles. The Kier molecular flexibility index (Phi) is 5.05. The van der Waals surface area contributed by atoms with E-state index < -0.39 is 11.5 Å². The number of pyridine rings is 1. The SMILES string of the molecule is CC(C)(C)N(CCC(=O)O)C(=O)c1cncc(Br)c1. The first kappa shape index (κ1) is 15.6. The van der Waals surface area contributed by atoms with Crippen molar-refractivity contribution in [3.05, 3.63) is 28.5 Å². The third-order valence-corrected chi connectivity index (χ3v) is 2.99. The molecule has 0 radical (unpaired) electrons. The highest BCUT2D eigenvalue weighted by molar-refractivity contribution is 9.10. The number of halogens is 1. The lowest BCUT2D eigenvalue weighted by atomic mass is 10.0. The van der Waals surface area contributed by atoms with Gasteiger partial charge in [0.25, 0.3) is 5.91 Å². The number of aliphatic carboxylic acids is 1. The summed E-state index contributed by atoms with van der Waals surface area (Å²) in [7, 11) is 0. The van der Waals surface area contributed by atoms with Crippen LogP contribution >= 0.6 is 15.9 Å². The van der Waals surface area contributed by atoms with Crippen LogP contribution in [0.2, 0.25) is 0 Å². The van der Waals surface area contributed by atoms with Crippen molar-refractivity contribution in [2.45, 2.75) is 32.7 Å². The zero-order valence-corrected chi connectivity index (χ0v) is 12.8. The maximum Gasteiger partial charge on any atom is 0.305 e. The molecular weight excluding hydrogens is 312 g/mol.